The van der Waals surface area contributed by atoms with E-state index in [9.17, 15) is 14.4 Å². The van der Waals surface area contributed by atoms with E-state index in [0.717, 1.165) is 12.8 Å². The van der Waals surface area contributed by atoms with E-state index in [1.807, 2.05) is 0 Å². The molecule has 0 aromatic rings. The van der Waals surface area contributed by atoms with Crippen LogP contribution in [0.5, 0.6) is 0 Å². The first-order valence-electron chi connectivity index (χ1n) is 5.39. The quantitative estimate of drug-likeness (QED) is 0.462. The first kappa shape index (κ1) is 13.4. The Labute approximate surface area is 98.0 Å². The van der Waals surface area contributed by atoms with E-state index in [0.29, 0.717) is 0 Å². The van der Waals surface area contributed by atoms with Gasteiger partial charge in [-0.25, -0.2) is 0 Å². The monoisotopic (exact) mass is 244 g/mol. The Morgan fingerprint density at radius 3 is 2.12 bits per heavy atom. The number of hydrogen-bond acceptors (Lipinski definition) is 4. The van der Waals surface area contributed by atoms with Crippen molar-refractivity contribution in [1.29, 1.82) is 0 Å². The average molecular weight is 244 g/mol. The number of carboxylic acid groups (broad SMARTS) is 2. The van der Waals surface area contributed by atoms with E-state index in [1.54, 1.807) is 0 Å². The number of carbonyl (C=O) groups is 3. The Balaban J connectivity index is 2.45. The highest BCUT2D eigenvalue weighted by Gasteiger charge is 2.34. The van der Waals surface area contributed by atoms with Gasteiger partial charge in [-0.1, -0.05) is 0 Å². The van der Waals surface area contributed by atoms with Gasteiger partial charge < -0.3 is 21.3 Å². The standard InChI is InChI=1S/C10H16N2O5/c11-6(3-8(13)14)10(17)12-7(4-9(15)16)5-1-2-5/h5-7H,1-4,11H2,(H,12,17)(H,13,14)(H,15,16). The van der Waals surface area contributed by atoms with Crippen molar-refractivity contribution >= 4 is 17.8 Å². The van der Waals surface area contributed by atoms with Crippen molar-refractivity contribution in [3.63, 3.8) is 0 Å². The van der Waals surface area contributed by atoms with Crippen molar-refractivity contribution in [2.24, 2.45) is 11.7 Å². The van der Waals surface area contributed by atoms with Gasteiger partial charge in [0.1, 0.15) is 0 Å². The minimum absolute atomic E-state index is 0.157. The van der Waals surface area contributed by atoms with E-state index in [-0.39, 0.29) is 12.3 Å². The third-order valence-electron chi connectivity index (χ3n) is 2.64. The lowest BCUT2D eigenvalue weighted by Crippen LogP contribution is -2.47. The van der Waals surface area contributed by atoms with Gasteiger partial charge in [0, 0.05) is 6.04 Å². The Morgan fingerprint density at radius 1 is 1.18 bits per heavy atom. The first-order valence-corrected chi connectivity index (χ1v) is 5.39. The van der Waals surface area contributed by atoms with Gasteiger partial charge in [-0.15, -0.1) is 0 Å². The van der Waals surface area contributed by atoms with Gasteiger partial charge in [0.15, 0.2) is 0 Å². The molecule has 0 aliphatic heterocycles. The molecule has 0 spiro atoms. The average Bonchev–Trinajstić information content (AvgIpc) is 2.97. The van der Waals surface area contributed by atoms with Gasteiger partial charge >= 0.3 is 11.9 Å². The molecule has 0 saturated heterocycles. The molecule has 1 fully saturated rings. The molecule has 1 aliphatic rings. The third kappa shape index (κ3) is 4.81. The highest BCUT2D eigenvalue weighted by atomic mass is 16.4. The van der Waals surface area contributed by atoms with Gasteiger partial charge in [-0.05, 0) is 18.8 Å². The summed E-state index contributed by atoms with van der Waals surface area (Å²) in [4.78, 5) is 32.5. The third-order valence-corrected chi connectivity index (χ3v) is 2.64. The zero-order chi connectivity index (χ0) is 13.0. The summed E-state index contributed by atoms with van der Waals surface area (Å²) < 4.78 is 0. The second-order valence-electron chi connectivity index (χ2n) is 4.25. The van der Waals surface area contributed by atoms with Crippen molar-refractivity contribution in [3.8, 4) is 0 Å². The lowest BCUT2D eigenvalue weighted by atomic mass is 10.1. The van der Waals surface area contributed by atoms with Crippen molar-refractivity contribution < 1.29 is 24.6 Å². The summed E-state index contributed by atoms with van der Waals surface area (Å²) in [5.41, 5.74) is 5.38. The van der Waals surface area contributed by atoms with Crippen molar-refractivity contribution in [3.05, 3.63) is 0 Å². The van der Waals surface area contributed by atoms with Crippen LogP contribution in [0.2, 0.25) is 0 Å². The molecule has 7 nitrogen and oxygen atoms in total. The Bertz CT molecular complexity index is 327. The van der Waals surface area contributed by atoms with Crippen molar-refractivity contribution in [2.45, 2.75) is 37.8 Å². The maximum absolute atomic E-state index is 11.5. The summed E-state index contributed by atoms with van der Waals surface area (Å²) in [5, 5.41) is 19.7. The topological polar surface area (TPSA) is 130 Å². The number of carboxylic acids is 2. The summed E-state index contributed by atoms with van der Waals surface area (Å²) in [5.74, 6) is -2.58. The molecule has 7 heteroatoms. The fourth-order valence-electron chi connectivity index (χ4n) is 1.59. The molecule has 0 bridgehead atoms. The smallest absolute Gasteiger partial charge is 0.305 e. The van der Waals surface area contributed by atoms with Crippen LogP contribution in [0.1, 0.15) is 25.7 Å². The molecule has 1 amide bonds. The molecule has 17 heavy (non-hydrogen) atoms. The molecular formula is C10H16N2O5. The lowest BCUT2D eigenvalue weighted by molar-refractivity contribution is -0.140. The largest absolute Gasteiger partial charge is 0.481 e. The Morgan fingerprint density at radius 2 is 1.71 bits per heavy atom. The van der Waals surface area contributed by atoms with E-state index in [2.05, 4.69) is 5.32 Å². The molecule has 0 aromatic heterocycles. The van der Waals surface area contributed by atoms with Crippen molar-refractivity contribution in [1.82, 2.24) is 5.32 Å². The van der Waals surface area contributed by atoms with Gasteiger partial charge in [0.25, 0.3) is 0 Å². The summed E-state index contributed by atoms with van der Waals surface area (Å²) in [6.45, 7) is 0. The van der Waals surface area contributed by atoms with Crippen LogP contribution < -0.4 is 11.1 Å². The lowest BCUT2D eigenvalue weighted by Gasteiger charge is -2.18. The number of carbonyl (C=O) groups excluding carboxylic acids is 1. The molecule has 2 atom stereocenters. The number of aliphatic carboxylic acids is 2. The molecule has 0 aromatic carbocycles. The second kappa shape index (κ2) is 5.62. The predicted octanol–water partition coefficient (Wildman–Crippen LogP) is -0.842. The molecule has 1 rings (SSSR count). The number of nitrogens with two attached hydrogens (primary N) is 1. The molecule has 0 heterocycles. The highest BCUT2D eigenvalue weighted by Crippen LogP contribution is 2.34. The first-order chi connectivity index (χ1) is 7.90. The van der Waals surface area contributed by atoms with Crippen LogP contribution in [0.25, 0.3) is 0 Å². The predicted molar refractivity (Wildman–Crippen MR) is 57.1 cm³/mol. The van der Waals surface area contributed by atoms with Crippen LogP contribution in [-0.4, -0.2) is 40.1 Å². The molecule has 0 radical (unpaired) electrons. The van der Waals surface area contributed by atoms with Gasteiger partial charge in [0.05, 0.1) is 18.9 Å². The number of amides is 1. The van der Waals surface area contributed by atoms with Crippen LogP contribution in [0.15, 0.2) is 0 Å². The summed E-state index contributed by atoms with van der Waals surface area (Å²) >= 11 is 0. The summed E-state index contributed by atoms with van der Waals surface area (Å²) in [6, 6.07) is -1.58. The minimum Gasteiger partial charge on any atom is -0.481 e. The summed E-state index contributed by atoms with van der Waals surface area (Å²) in [7, 11) is 0. The Kier molecular flexibility index (Phi) is 4.45. The van der Waals surface area contributed by atoms with Crippen molar-refractivity contribution in [2.75, 3.05) is 0 Å². The van der Waals surface area contributed by atoms with E-state index in [4.69, 9.17) is 15.9 Å². The van der Waals surface area contributed by atoms with Crippen LogP contribution in [0.4, 0.5) is 0 Å². The molecule has 5 N–H and O–H groups in total. The van der Waals surface area contributed by atoms with Gasteiger partial charge in [0.2, 0.25) is 5.91 Å². The second-order valence-corrected chi connectivity index (χ2v) is 4.25. The highest BCUT2D eigenvalue weighted by molar-refractivity contribution is 5.86. The molecular weight excluding hydrogens is 228 g/mol. The fraction of sp³-hybridized carbons (Fsp3) is 0.700. The fourth-order valence-corrected chi connectivity index (χ4v) is 1.59. The Hall–Kier alpha value is -1.63. The zero-order valence-corrected chi connectivity index (χ0v) is 9.26. The van der Waals surface area contributed by atoms with E-state index < -0.39 is 36.4 Å². The van der Waals surface area contributed by atoms with Crippen LogP contribution in [-0.2, 0) is 14.4 Å². The maximum Gasteiger partial charge on any atom is 0.305 e. The van der Waals surface area contributed by atoms with E-state index in [1.165, 1.54) is 0 Å². The van der Waals surface area contributed by atoms with Crippen LogP contribution in [0.3, 0.4) is 0 Å². The molecule has 1 saturated carbocycles. The SMILES string of the molecule is NC(CC(=O)O)C(=O)NC(CC(=O)O)C1CC1. The number of nitrogens with one attached hydrogen (secondary N) is 1. The van der Waals surface area contributed by atoms with Gasteiger partial charge in [-0.2, -0.15) is 0 Å². The minimum atomic E-state index is -1.16. The molecule has 96 valence electrons. The summed E-state index contributed by atoms with van der Waals surface area (Å²) in [6.07, 6.45) is 1.14. The van der Waals surface area contributed by atoms with Crippen LogP contribution in [0, 0.1) is 5.92 Å². The molecule has 1 aliphatic carbocycles. The van der Waals surface area contributed by atoms with Crippen LogP contribution >= 0.6 is 0 Å². The zero-order valence-electron chi connectivity index (χ0n) is 9.26. The maximum atomic E-state index is 11.5. The molecule has 2 unspecified atom stereocenters. The normalized spacial score (nSPS) is 18.2. The number of hydrogen-bond donors (Lipinski definition) is 4. The van der Waals surface area contributed by atoms with Gasteiger partial charge in [-0.3, -0.25) is 14.4 Å². The number of rotatable bonds is 7. The van der Waals surface area contributed by atoms with E-state index >= 15 is 0 Å².